The number of nitrogens with one attached hydrogen (secondary N) is 1. The van der Waals surface area contributed by atoms with E-state index in [0.29, 0.717) is 11.3 Å². The Morgan fingerprint density at radius 3 is 2.70 bits per heavy atom. The van der Waals surface area contributed by atoms with Crippen LogP contribution < -0.4 is 5.32 Å². The van der Waals surface area contributed by atoms with Gasteiger partial charge in [-0.3, -0.25) is 9.59 Å². The van der Waals surface area contributed by atoms with Crippen LogP contribution in [0.4, 0.5) is 18.9 Å². The molecule has 2 amide bonds. The number of amides is 2. The van der Waals surface area contributed by atoms with Crippen molar-refractivity contribution in [3.8, 4) is 0 Å². The highest BCUT2D eigenvalue weighted by atomic mass is 35.5. The number of benzene rings is 2. The molecule has 6 nitrogen and oxygen atoms in total. The van der Waals surface area contributed by atoms with Crippen molar-refractivity contribution >= 4 is 50.7 Å². The maximum atomic E-state index is 13.2. The van der Waals surface area contributed by atoms with Crippen LogP contribution in [0, 0.1) is 0 Å². The number of thiazole rings is 1. The Hall–Kier alpha value is -3.37. The van der Waals surface area contributed by atoms with Crippen LogP contribution in [0.2, 0.25) is 5.02 Å². The second kappa shape index (κ2) is 9.24. The van der Waals surface area contributed by atoms with Crippen molar-refractivity contribution in [3.05, 3.63) is 82.2 Å². The van der Waals surface area contributed by atoms with Gasteiger partial charge in [0.1, 0.15) is 12.3 Å². The number of nitrogens with zero attached hydrogens (tertiary/aromatic N) is 2. The molecule has 0 fully saturated rings. The van der Waals surface area contributed by atoms with Gasteiger partial charge >= 0.3 is 6.18 Å². The molecule has 0 radical (unpaired) electrons. The van der Waals surface area contributed by atoms with Gasteiger partial charge in [0.2, 0.25) is 5.91 Å². The Labute approximate surface area is 194 Å². The molecule has 0 aliphatic heterocycles. The number of aromatic nitrogens is 1. The molecule has 0 saturated heterocycles. The minimum Gasteiger partial charge on any atom is -0.467 e. The highest BCUT2D eigenvalue weighted by Crippen LogP contribution is 2.36. The monoisotopic (exact) mass is 493 g/mol. The molecule has 170 valence electrons. The van der Waals surface area contributed by atoms with Gasteiger partial charge in [0, 0.05) is 11.3 Å². The topological polar surface area (TPSA) is 75.4 Å². The summed E-state index contributed by atoms with van der Waals surface area (Å²) in [7, 11) is 0. The summed E-state index contributed by atoms with van der Waals surface area (Å²) in [5.74, 6) is -0.672. The predicted molar refractivity (Wildman–Crippen MR) is 118 cm³/mol. The van der Waals surface area contributed by atoms with Gasteiger partial charge in [0.15, 0.2) is 0 Å². The van der Waals surface area contributed by atoms with Crippen LogP contribution >= 0.6 is 22.9 Å². The van der Waals surface area contributed by atoms with E-state index in [9.17, 15) is 22.8 Å². The van der Waals surface area contributed by atoms with E-state index in [1.807, 2.05) is 0 Å². The zero-order chi connectivity index (χ0) is 23.6. The number of fused-ring (bicyclic) bond motifs is 1. The minimum absolute atomic E-state index is 0.00556. The first kappa shape index (κ1) is 22.8. The van der Waals surface area contributed by atoms with Gasteiger partial charge in [-0.15, -0.1) is 11.3 Å². The van der Waals surface area contributed by atoms with Gasteiger partial charge < -0.3 is 14.6 Å². The molecule has 0 unspecified atom stereocenters. The third kappa shape index (κ3) is 5.35. The average Bonchev–Trinajstić information content (AvgIpc) is 3.44. The lowest BCUT2D eigenvalue weighted by molar-refractivity contribution is -0.137. The molecule has 0 bridgehead atoms. The molecule has 1 N–H and O–H groups in total. The quantitative estimate of drug-likeness (QED) is 0.366. The Morgan fingerprint density at radius 1 is 1.15 bits per heavy atom. The minimum atomic E-state index is -4.67. The first-order valence-corrected chi connectivity index (χ1v) is 10.8. The first-order valence-electron chi connectivity index (χ1n) is 9.52. The average molecular weight is 494 g/mol. The van der Waals surface area contributed by atoms with Crippen LogP contribution in [0.3, 0.4) is 0 Å². The van der Waals surface area contributed by atoms with E-state index in [0.717, 1.165) is 22.3 Å². The standard InChI is InChI=1S/C22H15ClF3N3O3S/c23-17-5-4-14(9-16(17)22(24,25)26)28-20(30)11-29(10-15-2-1-7-32-15)21(31)13-3-6-18-19(8-13)33-12-27-18/h1-9,12H,10-11H2,(H,28,30). The SMILES string of the molecule is O=C(CN(Cc1ccco1)C(=O)c1ccc2ncsc2c1)Nc1ccc(Cl)c(C(F)(F)F)c1. The molecule has 4 rings (SSSR count). The van der Waals surface area contributed by atoms with Gasteiger partial charge in [-0.1, -0.05) is 11.6 Å². The van der Waals surface area contributed by atoms with Crippen LogP contribution in [-0.4, -0.2) is 28.2 Å². The summed E-state index contributed by atoms with van der Waals surface area (Å²) in [5.41, 5.74) is 1.59. The molecule has 11 heteroatoms. The van der Waals surface area contributed by atoms with Gasteiger partial charge in [-0.05, 0) is 48.5 Å². The lowest BCUT2D eigenvalue weighted by atomic mass is 10.1. The maximum Gasteiger partial charge on any atom is 0.417 e. The first-order chi connectivity index (χ1) is 15.7. The smallest absolute Gasteiger partial charge is 0.417 e. The van der Waals surface area contributed by atoms with Gasteiger partial charge in [-0.25, -0.2) is 4.98 Å². The van der Waals surface area contributed by atoms with E-state index in [1.54, 1.807) is 35.8 Å². The molecule has 0 atom stereocenters. The van der Waals surface area contributed by atoms with E-state index >= 15 is 0 Å². The molecule has 33 heavy (non-hydrogen) atoms. The third-order valence-electron chi connectivity index (χ3n) is 4.68. The highest BCUT2D eigenvalue weighted by Gasteiger charge is 2.33. The second-order valence-corrected chi connectivity index (χ2v) is 8.31. The van der Waals surface area contributed by atoms with Crippen molar-refractivity contribution in [2.75, 3.05) is 11.9 Å². The number of furan rings is 1. The summed E-state index contributed by atoms with van der Waals surface area (Å²) < 4.78 is 45.4. The number of alkyl halides is 3. The predicted octanol–water partition coefficient (Wildman–Crippen LogP) is 5.84. The van der Waals surface area contributed by atoms with Crippen molar-refractivity contribution in [2.24, 2.45) is 0 Å². The molecule has 0 aliphatic carbocycles. The molecule has 0 aliphatic rings. The lowest BCUT2D eigenvalue weighted by Gasteiger charge is -2.21. The van der Waals surface area contributed by atoms with Crippen molar-refractivity contribution in [2.45, 2.75) is 12.7 Å². The molecule has 2 heterocycles. The summed E-state index contributed by atoms with van der Waals surface area (Å²) in [6.07, 6.45) is -3.23. The van der Waals surface area contributed by atoms with Crippen molar-refractivity contribution < 1.29 is 27.2 Å². The normalized spacial score (nSPS) is 11.5. The van der Waals surface area contributed by atoms with Gasteiger partial charge in [-0.2, -0.15) is 13.2 Å². The van der Waals surface area contributed by atoms with E-state index in [-0.39, 0.29) is 12.2 Å². The number of rotatable bonds is 6. The number of anilines is 1. The Kier molecular flexibility index (Phi) is 6.39. The van der Waals surface area contributed by atoms with E-state index < -0.39 is 35.1 Å². The zero-order valence-electron chi connectivity index (χ0n) is 16.7. The number of carbonyl (C=O) groups is 2. The van der Waals surface area contributed by atoms with Crippen molar-refractivity contribution in [1.82, 2.24) is 9.88 Å². The number of carbonyl (C=O) groups excluding carboxylic acids is 2. The largest absolute Gasteiger partial charge is 0.467 e. The molecule has 2 aromatic heterocycles. The van der Waals surface area contributed by atoms with E-state index in [2.05, 4.69) is 10.3 Å². The van der Waals surface area contributed by atoms with Gasteiger partial charge in [0.05, 0.1) is 39.1 Å². The van der Waals surface area contributed by atoms with Gasteiger partial charge in [0.25, 0.3) is 5.91 Å². The van der Waals surface area contributed by atoms with Crippen LogP contribution in [0.1, 0.15) is 21.7 Å². The molecule has 2 aromatic carbocycles. The highest BCUT2D eigenvalue weighted by molar-refractivity contribution is 7.16. The van der Waals surface area contributed by atoms with Crippen LogP contribution in [-0.2, 0) is 17.5 Å². The summed E-state index contributed by atoms with van der Waals surface area (Å²) in [5, 5.41) is 1.92. The third-order valence-corrected chi connectivity index (χ3v) is 5.80. The molecular formula is C22H15ClF3N3O3S. The van der Waals surface area contributed by atoms with E-state index in [1.165, 1.54) is 28.6 Å². The Morgan fingerprint density at radius 2 is 1.97 bits per heavy atom. The Bertz CT molecular complexity index is 1310. The molecule has 4 aromatic rings. The van der Waals surface area contributed by atoms with E-state index in [4.69, 9.17) is 16.0 Å². The summed E-state index contributed by atoms with van der Waals surface area (Å²) >= 11 is 7.00. The van der Waals surface area contributed by atoms with Crippen LogP contribution in [0.15, 0.2) is 64.7 Å². The van der Waals surface area contributed by atoms with Crippen LogP contribution in [0.25, 0.3) is 10.2 Å². The molecule has 0 saturated carbocycles. The molecular weight excluding hydrogens is 479 g/mol. The fourth-order valence-electron chi connectivity index (χ4n) is 3.15. The number of hydrogen-bond donors (Lipinski definition) is 1. The maximum absolute atomic E-state index is 13.2. The van der Waals surface area contributed by atoms with Crippen LogP contribution in [0.5, 0.6) is 0 Å². The summed E-state index contributed by atoms with van der Waals surface area (Å²) in [6.45, 7) is -0.418. The number of halogens is 4. The number of hydrogen-bond acceptors (Lipinski definition) is 5. The van der Waals surface area contributed by atoms with Crippen molar-refractivity contribution in [3.63, 3.8) is 0 Å². The van der Waals surface area contributed by atoms with Crippen molar-refractivity contribution in [1.29, 1.82) is 0 Å². The molecule has 0 spiro atoms. The fraction of sp³-hybridized carbons (Fsp3) is 0.136. The fourth-order valence-corrected chi connectivity index (χ4v) is 4.10. The second-order valence-electron chi connectivity index (χ2n) is 7.02. The zero-order valence-corrected chi connectivity index (χ0v) is 18.3. The summed E-state index contributed by atoms with van der Waals surface area (Å²) in [6, 6.07) is 11.3. The Balaban J connectivity index is 1.55. The summed E-state index contributed by atoms with van der Waals surface area (Å²) in [4.78, 5) is 31.2. The lowest BCUT2D eigenvalue weighted by Crippen LogP contribution is -2.37.